The van der Waals surface area contributed by atoms with Crippen molar-refractivity contribution in [2.45, 2.75) is 32.2 Å². The predicted molar refractivity (Wildman–Crippen MR) is 107 cm³/mol. The van der Waals surface area contributed by atoms with E-state index in [9.17, 15) is 9.59 Å². The molecular formula is C17H34Cl2N4O3. The van der Waals surface area contributed by atoms with Crippen LogP contribution in [-0.4, -0.2) is 87.2 Å². The Morgan fingerprint density at radius 3 is 2.38 bits per heavy atom. The molecule has 0 aromatic heterocycles. The molecule has 154 valence electrons. The SMILES string of the molecule is COCCCNC(=O)C(C)N1CCN(C(=O)CNCC2CC2)CC1.Cl.Cl. The number of amides is 2. The van der Waals surface area contributed by atoms with E-state index in [4.69, 9.17) is 4.74 Å². The molecule has 2 rings (SSSR count). The first-order valence-corrected chi connectivity index (χ1v) is 9.11. The maximum Gasteiger partial charge on any atom is 0.237 e. The molecule has 0 bridgehead atoms. The van der Waals surface area contributed by atoms with E-state index in [1.165, 1.54) is 12.8 Å². The third-order valence-electron chi connectivity index (χ3n) is 4.82. The van der Waals surface area contributed by atoms with Crippen molar-refractivity contribution < 1.29 is 14.3 Å². The Balaban J connectivity index is 0.00000312. The average Bonchev–Trinajstić information content (AvgIpc) is 3.42. The Labute approximate surface area is 169 Å². The van der Waals surface area contributed by atoms with Crippen LogP contribution in [0.5, 0.6) is 0 Å². The molecule has 1 atom stereocenters. The molecule has 2 amide bonds. The number of hydrogen-bond acceptors (Lipinski definition) is 5. The summed E-state index contributed by atoms with van der Waals surface area (Å²) in [6.45, 7) is 7.53. The molecule has 0 spiro atoms. The largest absolute Gasteiger partial charge is 0.385 e. The first-order valence-electron chi connectivity index (χ1n) is 9.11. The number of nitrogens with one attached hydrogen (secondary N) is 2. The van der Waals surface area contributed by atoms with Crippen LogP contribution in [0.3, 0.4) is 0 Å². The zero-order valence-electron chi connectivity index (χ0n) is 15.9. The second kappa shape index (κ2) is 13.6. The zero-order chi connectivity index (χ0) is 17.4. The summed E-state index contributed by atoms with van der Waals surface area (Å²) in [5, 5.41) is 6.19. The van der Waals surface area contributed by atoms with Crippen LogP contribution in [0.25, 0.3) is 0 Å². The molecule has 26 heavy (non-hydrogen) atoms. The van der Waals surface area contributed by atoms with Gasteiger partial charge < -0.3 is 20.3 Å². The van der Waals surface area contributed by atoms with Crippen LogP contribution in [0.4, 0.5) is 0 Å². The van der Waals surface area contributed by atoms with Gasteiger partial charge in [0.15, 0.2) is 0 Å². The summed E-state index contributed by atoms with van der Waals surface area (Å²) >= 11 is 0. The number of ether oxygens (including phenoxy) is 1. The molecule has 7 nitrogen and oxygen atoms in total. The molecule has 9 heteroatoms. The third kappa shape index (κ3) is 8.86. The Kier molecular flexibility index (Phi) is 13.2. The van der Waals surface area contributed by atoms with Gasteiger partial charge in [-0.3, -0.25) is 14.5 Å². The summed E-state index contributed by atoms with van der Waals surface area (Å²) < 4.78 is 4.97. The Morgan fingerprint density at radius 1 is 1.15 bits per heavy atom. The second-order valence-corrected chi connectivity index (χ2v) is 6.80. The lowest BCUT2D eigenvalue weighted by Gasteiger charge is -2.37. The minimum absolute atomic E-state index is 0. The number of halogens is 2. The smallest absolute Gasteiger partial charge is 0.237 e. The van der Waals surface area contributed by atoms with Gasteiger partial charge >= 0.3 is 0 Å². The summed E-state index contributed by atoms with van der Waals surface area (Å²) in [5.74, 6) is 1.02. The fraction of sp³-hybridized carbons (Fsp3) is 0.882. The predicted octanol–water partition coefficient (Wildman–Crippen LogP) is 0.515. The van der Waals surface area contributed by atoms with E-state index in [-0.39, 0.29) is 42.7 Å². The number of rotatable bonds is 10. The van der Waals surface area contributed by atoms with Crippen molar-refractivity contribution in [3.8, 4) is 0 Å². The third-order valence-corrected chi connectivity index (χ3v) is 4.82. The Hall–Kier alpha value is -0.600. The minimum atomic E-state index is -0.155. The van der Waals surface area contributed by atoms with Crippen molar-refractivity contribution in [1.29, 1.82) is 0 Å². The fourth-order valence-electron chi connectivity index (χ4n) is 2.92. The van der Waals surface area contributed by atoms with Crippen LogP contribution >= 0.6 is 24.8 Å². The van der Waals surface area contributed by atoms with Gasteiger partial charge in [0.25, 0.3) is 0 Å². The van der Waals surface area contributed by atoms with Crippen molar-refractivity contribution in [3.63, 3.8) is 0 Å². The van der Waals surface area contributed by atoms with Gasteiger partial charge in [-0.05, 0) is 38.6 Å². The van der Waals surface area contributed by atoms with Crippen molar-refractivity contribution in [2.75, 3.05) is 59.5 Å². The number of methoxy groups -OCH3 is 1. The highest BCUT2D eigenvalue weighted by atomic mass is 35.5. The molecule has 1 saturated carbocycles. The van der Waals surface area contributed by atoms with Crippen LogP contribution in [0.2, 0.25) is 0 Å². The molecule has 0 aromatic carbocycles. The van der Waals surface area contributed by atoms with Crippen molar-refractivity contribution in [3.05, 3.63) is 0 Å². The minimum Gasteiger partial charge on any atom is -0.385 e. The molecule has 2 N–H and O–H groups in total. The van der Waals surface area contributed by atoms with Gasteiger partial charge in [-0.1, -0.05) is 0 Å². The van der Waals surface area contributed by atoms with Gasteiger partial charge in [0.1, 0.15) is 0 Å². The second-order valence-electron chi connectivity index (χ2n) is 6.80. The van der Waals surface area contributed by atoms with Crippen molar-refractivity contribution in [1.82, 2.24) is 20.4 Å². The van der Waals surface area contributed by atoms with Gasteiger partial charge in [-0.25, -0.2) is 0 Å². The van der Waals surface area contributed by atoms with Crippen molar-refractivity contribution >= 4 is 36.6 Å². The normalized spacial score (nSPS) is 18.5. The van der Waals surface area contributed by atoms with Gasteiger partial charge in [-0.15, -0.1) is 24.8 Å². The van der Waals surface area contributed by atoms with Crippen LogP contribution in [0.15, 0.2) is 0 Å². The maximum absolute atomic E-state index is 12.2. The summed E-state index contributed by atoms with van der Waals surface area (Å²) in [4.78, 5) is 28.4. The summed E-state index contributed by atoms with van der Waals surface area (Å²) in [6, 6.07) is -0.155. The lowest BCUT2D eigenvalue weighted by molar-refractivity contribution is -0.133. The quantitative estimate of drug-likeness (QED) is 0.511. The highest BCUT2D eigenvalue weighted by Gasteiger charge is 2.27. The first kappa shape index (κ1) is 25.4. The van der Waals surface area contributed by atoms with Gasteiger partial charge in [0.05, 0.1) is 12.6 Å². The van der Waals surface area contributed by atoms with Crippen molar-refractivity contribution in [2.24, 2.45) is 5.92 Å². The molecule has 0 aromatic rings. The van der Waals surface area contributed by atoms with E-state index in [0.717, 1.165) is 32.0 Å². The van der Waals surface area contributed by atoms with Gasteiger partial charge in [0.2, 0.25) is 11.8 Å². The van der Waals surface area contributed by atoms with Crippen LogP contribution in [0, 0.1) is 5.92 Å². The molecule has 2 fully saturated rings. The number of piperazine rings is 1. The molecule has 1 aliphatic carbocycles. The Morgan fingerprint density at radius 2 is 1.81 bits per heavy atom. The monoisotopic (exact) mass is 412 g/mol. The number of carbonyl (C=O) groups is 2. The molecule has 1 saturated heterocycles. The lowest BCUT2D eigenvalue weighted by atomic mass is 10.2. The zero-order valence-corrected chi connectivity index (χ0v) is 17.5. The van der Waals surface area contributed by atoms with E-state index in [2.05, 4.69) is 15.5 Å². The van der Waals surface area contributed by atoms with Crippen LogP contribution in [0.1, 0.15) is 26.2 Å². The average molecular weight is 413 g/mol. The molecule has 1 unspecified atom stereocenters. The number of carbonyl (C=O) groups excluding carboxylic acids is 2. The summed E-state index contributed by atoms with van der Waals surface area (Å²) in [5.41, 5.74) is 0. The lowest BCUT2D eigenvalue weighted by Crippen LogP contribution is -2.56. The van der Waals surface area contributed by atoms with Crippen LogP contribution in [-0.2, 0) is 14.3 Å². The molecule has 0 radical (unpaired) electrons. The topological polar surface area (TPSA) is 73.9 Å². The first-order chi connectivity index (χ1) is 11.6. The molecular weight excluding hydrogens is 379 g/mol. The van der Waals surface area contributed by atoms with Gasteiger partial charge in [0, 0.05) is 46.4 Å². The number of hydrogen-bond donors (Lipinski definition) is 2. The van der Waals surface area contributed by atoms with Gasteiger partial charge in [-0.2, -0.15) is 0 Å². The standard InChI is InChI=1S/C17H32N4O3.2ClH/c1-14(17(23)19-6-3-11-24-2)20-7-9-21(10-8-20)16(22)13-18-12-15-4-5-15;;/h14-15,18H,3-13H2,1-2H3,(H,19,23);2*1H. The highest BCUT2D eigenvalue weighted by molar-refractivity contribution is 5.85. The maximum atomic E-state index is 12.2. The number of nitrogens with zero attached hydrogens (tertiary/aromatic N) is 2. The molecule has 2 aliphatic rings. The Bertz CT molecular complexity index is 417. The van der Waals surface area contributed by atoms with E-state index in [1.54, 1.807) is 7.11 Å². The highest BCUT2D eigenvalue weighted by Crippen LogP contribution is 2.27. The summed E-state index contributed by atoms with van der Waals surface area (Å²) in [7, 11) is 1.66. The summed E-state index contributed by atoms with van der Waals surface area (Å²) in [6.07, 6.45) is 3.42. The van der Waals surface area contributed by atoms with E-state index < -0.39 is 0 Å². The fourth-order valence-corrected chi connectivity index (χ4v) is 2.92. The van der Waals surface area contributed by atoms with E-state index in [1.807, 2.05) is 11.8 Å². The van der Waals surface area contributed by atoms with Crippen LogP contribution < -0.4 is 10.6 Å². The van der Waals surface area contributed by atoms with E-state index >= 15 is 0 Å². The molecule has 1 aliphatic heterocycles. The van der Waals surface area contributed by atoms with E-state index in [0.29, 0.717) is 32.8 Å². The molecule has 1 heterocycles.